The topological polar surface area (TPSA) is 84.1 Å². The number of piperidine rings is 1. The Morgan fingerprint density at radius 3 is 2.58 bits per heavy atom. The van der Waals surface area contributed by atoms with Crippen LogP contribution in [0.3, 0.4) is 0 Å². The molecule has 0 saturated carbocycles. The van der Waals surface area contributed by atoms with Crippen molar-refractivity contribution < 1.29 is 9.90 Å². The molecule has 2 aliphatic rings. The maximum atomic E-state index is 10.9. The van der Waals surface area contributed by atoms with Gasteiger partial charge in [-0.15, -0.1) is 0 Å². The monoisotopic (exact) mass is 327 g/mol. The van der Waals surface area contributed by atoms with Crippen molar-refractivity contribution in [2.24, 2.45) is 0 Å². The fourth-order valence-electron chi connectivity index (χ4n) is 3.75. The molecule has 7 heteroatoms. The molecule has 1 fully saturated rings. The van der Waals surface area contributed by atoms with Crippen LogP contribution in [0.1, 0.15) is 53.6 Å². The van der Waals surface area contributed by atoms with E-state index in [9.17, 15) is 4.79 Å². The summed E-state index contributed by atoms with van der Waals surface area (Å²) in [6.07, 6.45) is 10.7. The Morgan fingerprint density at radius 1 is 1.04 bits per heavy atom. The SMILES string of the molecule is O=C(O)c1cnc(N2CCC(c3ncc4n3CCCC4)CC2)cn1. The quantitative estimate of drug-likeness (QED) is 0.929. The van der Waals surface area contributed by atoms with Crippen molar-refractivity contribution in [2.45, 2.75) is 44.6 Å². The van der Waals surface area contributed by atoms with Gasteiger partial charge in [0.1, 0.15) is 11.6 Å². The number of aromatic nitrogens is 4. The lowest BCUT2D eigenvalue weighted by molar-refractivity contribution is 0.0690. The summed E-state index contributed by atoms with van der Waals surface area (Å²) in [5, 5.41) is 8.90. The number of imidazole rings is 1. The highest BCUT2D eigenvalue weighted by Gasteiger charge is 2.26. The second-order valence-electron chi connectivity index (χ2n) is 6.54. The van der Waals surface area contributed by atoms with Gasteiger partial charge in [-0.1, -0.05) is 0 Å². The Morgan fingerprint density at radius 2 is 1.88 bits per heavy atom. The Balaban J connectivity index is 1.43. The molecule has 4 rings (SSSR count). The van der Waals surface area contributed by atoms with Gasteiger partial charge < -0.3 is 14.6 Å². The van der Waals surface area contributed by atoms with Crippen LogP contribution in [0.15, 0.2) is 18.6 Å². The number of aromatic carboxylic acids is 1. The molecule has 0 aromatic carbocycles. The molecule has 24 heavy (non-hydrogen) atoms. The van der Waals surface area contributed by atoms with Crippen molar-refractivity contribution in [3.8, 4) is 0 Å². The summed E-state index contributed by atoms with van der Waals surface area (Å²) in [6, 6.07) is 0. The summed E-state index contributed by atoms with van der Waals surface area (Å²) in [5.41, 5.74) is 1.37. The third-order valence-electron chi connectivity index (χ3n) is 5.08. The third kappa shape index (κ3) is 2.74. The van der Waals surface area contributed by atoms with E-state index in [0.29, 0.717) is 5.92 Å². The summed E-state index contributed by atoms with van der Waals surface area (Å²) in [5.74, 6) is 1.46. The van der Waals surface area contributed by atoms with E-state index in [1.165, 1.54) is 30.6 Å². The maximum Gasteiger partial charge on any atom is 0.356 e. The number of anilines is 1. The zero-order valence-corrected chi connectivity index (χ0v) is 13.6. The predicted molar refractivity (Wildman–Crippen MR) is 88.3 cm³/mol. The molecule has 0 amide bonds. The average molecular weight is 327 g/mol. The van der Waals surface area contributed by atoms with Crippen LogP contribution in [-0.4, -0.2) is 43.7 Å². The fourth-order valence-corrected chi connectivity index (χ4v) is 3.75. The van der Waals surface area contributed by atoms with E-state index >= 15 is 0 Å². The first-order chi connectivity index (χ1) is 11.7. The van der Waals surface area contributed by atoms with E-state index in [1.807, 2.05) is 0 Å². The predicted octanol–water partition coefficient (Wildman–Crippen LogP) is 2.09. The van der Waals surface area contributed by atoms with E-state index in [1.54, 1.807) is 6.20 Å². The van der Waals surface area contributed by atoms with Gasteiger partial charge >= 0.3 is 5.97 Å². The van der Waals surface area contributed by atoms with Gasteiger partial charge in [-0.3, -0.25) is 0 Å². The van der Waals surface area contributed by atoms with Gasteiger partial charge in [-0.05, 0) is 32.1 Å². The first-order valence-corrected chi connectivity index (χ1v) is 8.57. The van der Waals surface area contributed by atoms with Gasteiger partial charge in [0.25, 0.3) is 0 Å². The lowest BCUT2D eigenvalue weighted by atomic mass is 9.95. The number of hydrogen-bond donors (Lipinski definition) is 1. The Hall–Kier alpha value is -2.44. The van der Waals surface area contributed by atoms with Crippen molar-refractivity contribution in [3.63, 3.8) is 0 Å². The molecule has 0 aliphatic carbocycles. The van der Waals surface area contributed by atoms with Crippen LogP contribution < -0.4 is 4.90 Å². The van der Waals surface area contributed by atoms with Gasteiger partial charge in [0.15, 0.2) is 5.69 Å². The number of fused-ring (bicyclic) bond motifs is 1. The largest absolute Gasteiger partial charge is 0.476 e. The lowest BCUT2D eigenvalue weighted by Gasteiger charge is -2.33. The highest BCUT2D eigenvalue weighted by molar-refractivity contribution is 5.84. The smallest absolute Gasteiger partial charge is 0.356 e. The van der Waals surface area contributed by atoms with Gasteiger partial charge in [-0.25, -0.2) is 19.7 Å². The van der Waals surface area contributed by atoms with Crippen LogP contribution in [0.5, 0.6) is 0 Å². The van der Waals surface area contributed by atoms with Crippen molar-refractivity contribution in [3.05, 3.63) is 35.8 Å². The molecule has 1 saturated heterocycles. The van der Waals surface area contributed by atoms with E-state index in [0.717, 1.165) is 44.7 Å². The zero-order chi connectivity index (χ0) is 16.5. The zero-order valence-electron chi connectivity index (χ0n) is 13.6. The summed E-state index contributed by atoms with van der Waals surface area (Å²) in [4.78, 5) is 25.9. The van der Waals surface area contributed by atoms with E-state index in [-0.39, 0.29) is 5.69 Å². The van der Waals surface area contributed by atoms with Crippen LogP contribution in [0.2, 0.25) is 0 Å². The number of hydrogen-bond acceptors (Lipinski definition) is 5. The van der Waals surface area contributed by atoms with Crippen LogP contribution in [0.25, 0.3) is 0 Å². The molecular formula is C17H21N5O2. The second kappa shape index (κ2) is 6.22. The standard InChI is InChI=1S/C17H21N5O2/c23-17(24)14-10-19-15(11-18-14)21-7-4-12(5-8-21)16-20-9-13-3-1-2-6-22(13)16/h9-12H,1-8H2,(H,23,24). The van der Waals surface area contributed by atoms with Gasteiger partial charge in [0.05, 0.1) is 12.4 Å². The van der Waals surface area contributed by atoms with E-state index < -0.39 is 5.97 Å². The summed E-state index contributed by atoms with van der Waals surface area (Å²) >= 11 is 0. The summed E-state index contributed by atoms with van der Waals surface area (Å²) < 4.78 is 2.42. The van der Waals surface area contributed by atoms with E-state index in [2.05, 4.69) is 25.6 Å². The number of carboxylic acid groups (broad SMARTS) is 1. The Bertz CT molecular complexity index is 732. The second-order valence-corrected chi connectivity index (χ2v) is 6.54. The summed E-state index contributed by atoms with van der Waals surface area (Å²) in [6.45, 7) is 2.90. The molecule has 2 aromatic rings. The Kier molecular flexibility index (Phi) is 3.92. The number of carbonyl (C=O) groups is 1. The third-order valence-corrected chi connectivity index (χ3v) is 5.08. The number of carboxylic acids is 1. The molecule has 7 nitrogen and oxygen atoms in total. The number of rotatable bonds is 3. The minimum atomic E-state index is -1.04. The van der Waals surface area contributed by atoms with Crippen molar-refractivity contribution in [1.82, 2.24) is 19.5 Å². The van der Waals surface area contributed by atoms with Crippen LogP contribution in [0.4, 0.5) is 5.82 Å². The minimum Gasteiger partial charge on any atom is -0.476 e. The lowest BCUT2D eigenvalue weighted by Crippen LogP contribution is -2.34. The van der Waals surface area contributed by atoms with Gasteiger partial charge in [0, 0.05) is 37.4 Å². The molecule has 0 atom stereocenters. The van der Waals surface area contributed by atoms with Gasteiger partial charge in [-0.2, -0.15) is 0 Å². The van der Waals surface area contributed by atoms with Crippen LogP contribution in [-0.2, 0) is 13.0 Å². The van der Waals surface area contributed by atoms with Crippen LogP contribution in [0, 0.1) is 0 Å². The van der Waals surface area contributed by atoms with Gasteiger partial charge in [0.2, 0.25) is 0 Å². The Labute approximate surface area is 140 Å². The van der Waals surface area contributed by atoms with E-state index in [4.69, 9.17) is 10.1 Å². The molecule has 0 spiro atoms. The van der Waals surface area contributed by atoms with Crippen molar-refractivity contribution >= 4 is 11.8 Å². The van der Waals surface area contributed by atoms with Crippen LogP contribution >= 0.6 is 0 Å². The molecule has 1 N–H and O–H groups in total. The molecule has 2 aliphatic heterocycles. The molecule has 0 unspecified atom stereocenters. The molecule has 0 bridgehead atoms. The molecule has 2 aromatic heterocycles. The molecule has 126 valence electrons. The fraction of sp³-hybridized carbons (Fsp3) is 0.529. The van der Waals surface area contributed by atoms with Crippen molar-refractivity contribution in [2.75, 3.05) is 18.0 Å². The summed E-state index contributed by atoms with van der Waals surface area (Å²) in [7, 11) is 0. The highest BCUT2D eigenvalue weighted by Crippen LogP contribution is 2.31. The minimum absolute atomic E-state index is 0.0161. The maximum absolute atomic E-state index is 10.9. The molecular weight excluding hydrogens is 306 g/mol. The normalized spacial score (nSPS) is 18.4. The van der Waals surface area contributed by atoms with Crippen molar-refractivity contribution in [1.29, 1.82) is 0 Å². The number of aryl methyl sites for hydroxylation is 1. The highest BCUT2D eigenvalue weighted by atomic mass is 16.4. The first kappa shape index (κ1) is 15.1. The molecule has 4 heterocycles. The first-order valence-electron chi connectivity index (χ1n) is 8.57. The molecule has 0 radical (unpaired) electrons. The average Bonchev–Trinajstić information content (AvgIpc) is 3.06. The number of nitrogens with zero attached hydrogens (tertiary/aromatic N) is 5.